The Morgan fingerprint density at radius 2 is 2.00 bits per heavy atom. The second-order valence-corrected chi connectivity index (χ2v) is 6.17. The molecule has 7 heteroatoms. The van der Waals surface area contributed by atoms with E-state index in [1.165, 1.54) is 28.6 Å². The highest BCUT2D eigenvalue weighted by atomic mass is 19.1. The lowest BCUT2D eigenvalue weighted by Gasteiger charge is -2.14. The van der Waals surface area contributed by atoms with Crippen LogP contribution in [-0.2, 0) is 0 Å². The molecule has 2 aromatic heterocycles. The molecule has 3 heterocycles. The number of nitrogens with one attached hydrogen (secondary N) is 1. The van der Waals surface area contributed by atoms with Gasteiger partial charge < -0.3 is 15.0 Å². The zero-order valence-electron chi connectivity index (χ0n) is 14.1. The fraction of sp³-hybridized carbons (Fsp3) is 0.211. The highest BCUT2D eigenvalue weighted by molar-refractivity contribution is 5.69. The lowest BCUT2D eigenvalue weighted by Crippen LogP contribution is -2.22. The lowest BCUT2D eigenvalue weighted by atomic mass is 10.0. The molecule has 1 fully saturated rings. The van der Waals surface area contributed by atoms with Gasteiger partial charge in [-0.1, -0.05) is 5.57 Å². The molecule has 4 rings (SSSR count). The molecule has 2 N–H and O–H groups in total. The molecule has 3 aromatic rings. The van der Waals surface area contributed by atoms with Crippen LogP contribution in [-0.4, -0.2) is 37.7 Å². The molecule has 0 aliphatic carbocycles. The van der Waals surface area contributed by atoms with Crippen LogP contribution in [0.4, 0.5) is 4.39 Å². The van der Waals surface area contributed by atoms with Crippen LogP contribution in [0.1, 0.15) is 18.5 Å². The zero-order valence-corrected chi connectivity index (χ0v) is 14.1. The van der Waals surface area contributed by atoms with Gasteiger partial charge in [-0.2, -0.15) is 0 Å². The summed E-state index contributed by atoms with van der Waals surface area (Å²) in [6.07, 6.45) is 11.9. The maximum Gasteiger partial charge on any atom is 0.148 e. The summed E-state index contributed by atoms with van der Waals surface area (Å²) in [6, 6.07) is 2.62. The van der Waals surface area contributed by atoms with E-state index in [0.29, 0.717) is 11.3 Å². The first-order valence-corrected chi connectivity index (χ1v) is 8.44. The Labute approximate surface area is 150 Å². The molecule has 0 unspecified atom stereocenters. The summed E-state index contributed by atoms with van der Waals surface area (Å²) in [5.41, 5.74) is 3.06. The Balaban J connectivity index is 1.62. The normalized spacial score (nSPS) is 14.4. The van der Waals surface area contributed by atoms with Crippen molar-refractivity contribution in [2.24, 2.45) is 0 Å². The lowest BCUT2D eigenvalue weighted by molar-refractivity contribution is 0.474. The summed E-state index contributed by atoms with van der Waals surface area (Å²) in [5.74, 6) is -0.535. The van der Waals surface area contributed by atoms with Gasteiger partial charge in [-0.05, 0) is 38.1 Å². The van der Waals surface area contributed by atoms with Gasteiger partial charge in [0, 0.05) is 24.0 Å². The minimum atomic E-state index is -0.474. The minimum Gasteiger partial charge on any atom is -0.507 e. The average molecular weight is 351 g/mol. The van der Waals surface area contributed by atoms with Crippen molar-refractivity contribution in [2.75, 3.05) is 13.1 Å². The van der Waals surface area contributed by atoms with E-state index >= 15 is 0 Å². The molecule has 1 aromatic carbocycles. The Bertz CT molecular complexity index is 927. The Hall–Kier alpha value is -3.06. The first-order valence-electron chi connectivity index (χ1n) is 8.44. The van der Waals surface area contributed by atoms with Crippen LogP contribution in [0.2, 0.25) is 0 Å². The highest BCUT2D eigenvalue weighted by Crippen LogP contribution is 2.31. The Kier molecular flexibility index (Phi) is 4.45. The van der Waals surface area contributed by atoms with Crippen molar-refractivity contribution in [3.05, 3.63) is 60.3 Å². The molecule has 1 saturated heterocycles. The van der Waals surface area contributed by atoms with Crippen molar-refractivity contribution in [3.8, 4) is 22.7 Å². The molecule has 26 heavy (non-hydrogen) atoms. The highest BCUT2D eigenvalue weighted by Gasteiger charge is 2.14. The van der Waals surface area contributed by atoms with Gasteiger partial charge in [0.1, 0.15) is 11.6 Å². The monoisotopic (exact) mass is 351 g/mol. The van der Waals surface area contributed by atoms with Gasteiger partial charge in [0.05, 0.1) is 35.8 Å². The van der Waals surface area contributed by atoms with E-state index in [2.05, 4.69) is 20.3 Å². The van der Waals surface area contributed by atoms with E-state index in [1.807, 2.05) is 6.08 Å². The van der Waals surface area contributed by atoms with Gasteiger partial charge in [-0.15, -0.1) is 0 Å². The van der Waals surface area contributed by atoms with Crippen LogP contribution < -0.4 is 5.32 Å². The molecule has 132 valence electrons. The SMILES string of the molecule is Oc1cc(-n2ccnc2)c(F)cc1-c1cnc(C=C2CCNCC2)cn1. The molecule has 0 spiro atoms. The van der Waals surface area contributed by atoms with Crippen LogP contribution in [0.5, 0.6) is 5.75 Å². The maximum absolute atomic E-state index is 14.4. The molecule has 0 radical (unpaired) electrons. The van der Waals surface area contributed by atoms with Gasteiger partial charge in [0.15, 0.2) is 0 Å². The third-order valence-electron chi connectivity index (χ3n) is 4.39. The Morgan fingerprint density at radius 3 is 2.69 bits per heavy atom. The molecule has 0 amide bonds. The molecule has 1 aliphatic heterocycles. The summed E-state index contributed by atoms with van der Waals surface area (Å²) >= 11 is 0. The summed E-state index contributed by atoms with van der Waals surface area (Å²) in [4.78, 5) is 12.6. The number of benzene rings is 1. The quantitative estimate of drug-likeness (QED) is 0.759. The van der Waals surface area contributed by atoms with Crippen molar-refractivity contribution in [1.82, 2.24) is 24.8 Å². The molecular weight excluding hydrogens is 333 g/mol. The standard InChI is InChI=1S/C19H18FN5O/c20-16-8-15(19(26)9-18(16)25-6-5-22-12-25)17-11-23-14(10-24-17)7-13-1-3-21-4-2-13/h5-12,21,26H,1-4H2. The average Bonchev–Trinajstić information content (AvgIpc) is 3.19. The van der Waals surface area contributed by atoms with Gasteiger partial charge in [0.2, 0.25) is 0 Å². The fourth-order valence-corrected chi connectivity index (χ4v) is 3.01. The molecule has 6 nitrogen and oxygen atoms in total. The fourth-order valence-electron chi connectivity index (χ4n) is 3.01. The van der Waals surface area contributed by atoms with E-state index in [4.69, 9.17) is 0 Å². The number of halogens is 1. The van der Waals surface area contributed by atoms with Crippen LogP contribution in [0.25, 0.3) is 23.0 Å². The zero-order chi connectivity index (χ0) is 17.9. The van der Waals surface area contributed by atoms with Crippen molar-refractivity contribution in [1.29, 1.82) is 0 Å². The smallest absolute Gasteiger partial charge is 0.148 e. The third-order valence-corrected chi connectivity index (χ3v) is 4.39. The molecule has 0 bridgehead atoms. The van der Waals surface area contributed by atoms with E-state index < -0.39 is 5.82 Å². The number of phenolic OH excluding ortho intramolecular Hbond substituents is 1. The second kappa shape index (κ2) is 7.05. The largest absolute Gasteiger partial charge is 0.507 e. The van der Waals surface area contributed by atoms with Gasteiger partial charge in [0.25, 0.3) is 0 Å². The number of aromatic nitrogens is 4. The molecule has 0 atom stereocenters. The second-order valence-electron chi connectivity index (χ2n) is 6.17. The van der Waals surface area contributed by atoms with E-state index in [1.54, 1.807) is 24.8 Å². The summed E-state index contributed by atoms with van der Waals surface area (Å²) in [5, 5.41) is 13.6. The van der Waals surface area contributed by atoms with Crippen LogP contribution in [0.15, 0.2) is 48.8 Å². The van der Waals surface area contributed by atoms with Gasteiger partial charge in [-0.3, -0.25) is 9.97 Å². The van der Waals surface area contributed by atoms with Crippen LogP contribution in [0.3, 0.4) is 0 Å². The number of nitrogens with zero attached hydrogens (tertiary/aromatic N) is 4. The predicted molar refractivity (Wildman–Crippen MR) is 96.3 cm³/mol. The van der Waals surface area contributed by atoms with Crippen molar-refractivity contribution in [3.63, 3.8) is 0 Å². The van der Waals surface area contributed by atoms with E-state index in [-0.39, 0.29) is 11.4 Å². The van der Waals surface area contributed by atoms with Gasteiger partial charge >= 0.3 is 0 Å². The topological polar surface area (TPSA) is 75.9 Å². The molecule has 0 saturated carbocycles. The van der Waals surface area contributed by atoms with Crippen LogP contribution in [0, 0.1) is 5.82 Å². The summed E-state index contributed by atoms with van der Waals surface area (Å²) < 4.78 is 15.9. The van der Waals surface area contributed by atoms with Gasteiger partial charge in [-0.25, -0.2) is 9.37 Å². The van der Waals surface area contributed by atoms with Crippen LogP contribution >= 0.6 is 0 Å². The summed E-state index contributed by atoms with van der Waals surface area (Å²) in [7, 11) is 0. The van der Waals surface area contributed by atoms with Crippen molar-refractivity contribution in [2.45, 2.75) is 12.8 Å². The van der Waals surface area contributed by atoms with Crippen molar-refractivity contribution < 1.29 is 9.50 Å². The molecular formula is C19H18FN5O. The number of imidazole rings is 1. The van der Waals surface area contributed by atoms with E-state index in [9.17, 15) is 9.50 Å². The number of hydrogen-bond donors (Lipinski definition) is 2. The molecule has 1 aliphatic rings. The summed E-state index contributed by atoms with van der Waals surface area (Å²) in [6.45, 7) is 1.96. The maximum atomic E-state index is 14.4. The number of aromatic hydroxyl groups is 1. The number of hydrogen-bond acceptors (Lipinski definition) is 5. The first kappa shape index (κ1) is 16.4. The first-order chi connectivity index (χ1) is 12.7. The third kappa shape index (κ3) is 3.34. The number of rotatable bonds is 3. The number of piperidine rings is 1. The van der Waals surface area contributed by atoms with E-state index in [0.717, 1.165) is 31.6 Å². The van der Waals surface area contributed by atoms with Crippen molar-refractivity contribution >= 4 is 6.08 Å². The predicted octanol–water partition coefficient (Wildman–Crippen LogP) is 2.94. The number of phenols is 1. The Morgan fingerprint density at radius 1 is 1.15 bits per heavy atom. The minimum absolute atomic E-state index is 0.0612.